The van der Waals surface area contributed by atoms with E-state index in [-0.39, 0.29) is 19.5 Å². The van der Waals surface area contributed by atoms with E-state index in [1.54, 1.807) is 24.4 Å². The van der Waals surface area contributed by atoms with E-state index in [1.807, 2.05) is 0 Å². The molecule has 19 heavy (non-hydrogen) atoms. The van der Waals surface area contributed by atoms with Gasteiger partial charge in [0.1, 0.15) is 6.04 Å². The quantitative estimate of drug-likeness (QED) is 0.703. The molecule has 0 aromatic carbocycles. The van der Waals surface area contributed by atoms with E-state index in [4.69, 9.17) is 5.11 Å². The fraction of sp³-hybridized carbons (Fsp3) is 0.417. The van der Waals surface area contributed by atoms with Gasteiger partial charge in [0.15, 0.2) is 0 Å². The number of carboxylic acid groups (broad SMARTS) is 1. The third-order valence-corrected chi connectivity index (χ3v) is 2.97. The van der Waals surface area contributed by atoms with Gasteiger partial charge in [-0.05, 0) is 12.1 Å². The summed E-state index contributed by atoms with van der Waals surface area (Å²) < 4.78 is 0. The van der Waals surface area contributed by atoms with Crippen LogP contribution in [0.1, 0.15) is 12.1 Å². The predicted octanol–water partition coefficient (Wildman–Crippen LogP) is -0.189. The number of hydrogen-bond donors (Lipinski definition) is 3. The number of nitrogens with zero attached hydrogens (tertiary/aromatic N) is 2. The number of nitrogens with one attached hydrogen (secondary N) is 1. The molecular formula is C12H15N3O4. The lowest BCUT2D eigenvalue weighted by atomic mass is 10.2. The number of aliphatic hydroxyl groups is 1. The number of aromatic nitrogens is 1. The first-order valence-corrected chi connectivity index (χ1v) is 5.93. The average Bonchev–Trinajstić information content (AvgIpc) is 2.79. The van der Waals surface area contributed by atoms with Crippen LogP contribution in [0.25, 0.3) is 0 Å². The molecule has 0 saturated carbocycles. The van der Waals surface area contributed by atoms with E-state index >= 15 is 0 Å². The minimum Gasteiger partial charge on any atom is -0.480 e. The standard InChI is InChI=1S/C12H15N3O4/c16-9-5-10(11(17)18)15(7-9)12(19)14-6-8-3-1-2-4-13-8/h1-4,9-10,16H,5-7H2,(H,14,19)(H,17,18)/t9-,10+/m1/s1. The molecule has 0 radical (unpaired) electrons. The number of likely N-dealkylation sites (tertiary alicyclic amines) is 1. The maximum Gasteiger partial charge on any atom is 0.326 e. The van der Waals surface area contributed by atoms with E-state index in [2.05, 4.69) is 10.3 Å². The smallest absolute Gasteiger partial charge is 0.326 e. The van der Waals surface area contributed by atoms with Gasteiger partial charge in [-0.2, -0.15) is 0 Å². The number of urea groups is 1. The van der Waals surface area contributed by atoms with Crippen molar-refractivity contribution in [2.75, 3.05) is 6.54 Å². The molecule has 0 spiro atoms. The van der Waals surface area contributed by atoms with Gasteiger partial charge >= 0.3 is 12.0 Å². The van der Waals surface area contributed by atoms with Crippen molar-refractivity contribution in [3.63, 3.8) is 0 Å². The molecule has 1 fully saturated rings. The molecular weight excluding hydrogens is 250 g/mol. The van der Waals surface area contributed by atoms with Crippen molar-refractivity contribution in [3.8, 4) is 0 Å². The lowest BCUT2D eigenvalue weighted by Gasteiger charge is -2.21. The van der Waals surface area contributed by atoms with Gasteiger partial charge < -0.3 is 20.4 Å². The monoisotopic (exact) mass is 265 g/mol. The Morgan fingerprint density at radius 1 is 1.47 bits per heavy atom. The van der Waals surface area contributed by atoms with Crippen LogP contribution in [-0.4, -0.2) is 50.8 Å². The van der Waals surface area contributed by atoms with E-state index < -0.39 is 24.1 Å². The second kappa shape index (κ2) is 5.66. The van der Waals surface area contributed by atoms with Gasteiger partial charge in [-0.1, -0.05) is 6.07 Å². The van der Waals surface area contributed by atoms with Crippen molar-refractivity contribution in [1.82, 2.24) is 15.2 Å². The molecule has 7 heteroatoms. The van der Waals surface area contributed by atoms with Crippen molar-refractivity contribution in [2.45, 2.75) is 25.1 Å². The second-order valence-corrected chi connectivity index (χ2v) is 4.38. The zero-order valence-electron chi connectivity index (χ0n) is 10.2. The molecule has 2 rings (SSSR count). The van der Waals surface area contributed by atoms with Crippen LogP contribution in [0.5, 0.6) is 0 Å². The minimum atomic E-state index is -1.11. The molecule has 1 aliphatic rings. The molecule has 0 bridgehead atoms. The SMILES string of the molecule is O=C(O)[C@@H]1C[C@@H](O)CN1C(=O)NCc1ccccn1. The highest BCUT2D eigenvalue weighted by molar-refractivity contribution is 5.83. The zero-order valence-corrected chi connectivity index (χ0v) is 10.2. The first kappa shape index (κ1) is 13.3. The molecule has 3 N–H and O–H groups in total. The number of rotatable bonds is 3. The molecule has 0 unspecified atom stereocenters. The van der Waals surface area contributed by atoms with Gasteiger partial charge in [-0.25, -0.2) is 9.59 Å². The summed E-state index contributed by atoms with van der Waals surface area (Å²) in [5, 5.41) is 21.0. The summed E-state index contributed by atoms with van der Waals surface area (Å²) >= 11 is 0. The number of aliphatic hydroxyl groups excluding tert-OH is 1. The molecule has 7 nitrogen and oxygen atoms in total. The number of β-amino-alcohol motifs (C(OH)–C–C–N with tert-alkyl or cyclic N) is 1. The first-order chi connectivity index (χ1) is 9.08. The highest BCUT2D eigenvalue weighted by atomic mass is 16.4. The van der Waals surface area contributed by atoms with Gasteiger partial charge in [0.2, 0.25) is 0 Å². The summed E-state index contributed by atoms with van der Waals surface area (Å²) in [6.45, 7) is 0.254. The Hall–Kier alpha value is -2.15. The Labute approximate surface area is 109 Å². The fourth-order valence-electron chi connectivity index (χ4n) is 2.04. The topological polar surface area (TPSA) is 103 Å². The highest BCUT2D eigenvalue weighted by Gasteiger charge is 2.38. The largest absolute Gasteiger partial charge is 0.480 e. The number of carbonyl (C=O) groups excluding carboxylic acids is 1. The van der Waals surface area contributed by atoms with Crippen LogP contribution < -0.4 is 5.32 Å². The first-order valence-electron chi connectivity index (χ1n) is 5.93. The van der Waals surface area contributed by atoms with E-state index in [0.717, 1.165) is 4.90 Å². The van der Waals surface area contributed by atoms with Gasteiger partial charge in [0.05, 0.1) is 18.3 Å². The molecule has 1 aromatic heterocycles. The van der Waals surface area contributed by atoms with Gasteiger partial charge in [-0.15, -0.1) is 0 Å². The van der Waals surface area contributed by atoms with Crippen LogP contribution in [0.3, 0.4) is 0 Å². The molecule has 2 amide bonds. The molecule has 2 atom stereocenters. The van der Waals surface area contributed by atoms with Crippen LogP contribution in [-0.2, 0) is 11.3 Å². The number of amides is 2. The van der Waals surface area contributed by atoms with Crippen LogP contribution in [0.2, 0.25) is 0 Å². The van der Waals surface area contributed by atoms with Crippen LogP contribution >= 0.6 is 0 Å². The lowest BCUT2D eigenvalue weighted by molar-refractivity contribution is -0.141. The van der Waals surface area contributed by atoms with Gasteiger partial charge in [-0.3, -0.25) is 4.98 Å². The van der Waals surface area contributed by atoms with E-state index in [9.17, 15) is 14.7 Å². The Bertz CT molecular complexity index is 465. The average molecular weight is 265 g/mol. The summed E-state index contributed by atoms with van der Waals surface area (Å²) in [6.07, 6.45) is 0.884. The van der Waals surface area contributed by atoms with E-state index in [0.29, 0.717) is 5.69 Å². The van der Waals surface area contributed by atoms with Crippen LogP contribution in [0.15, 0.2) is 24.4 Å². The maximum atomic E-state index is 11.9. The number of aliphatic carboxylic acids is 1. The third kappa shape index (κ3) is 3.19. The summed E-state index contributed by atoms with van der Waals surface area (Å²) in [7, 11) is 0. The van der Waals surface area contributed by atoms with Gasteiger partial charge in [0, 0.05) is 19.2 Å². The highest BCUT2D eigenvalue weighted by Crippen LogP contribution is 2.18. The Morgan fingerprint density at radius 2 is 2.26 bits per heavy atom. The number of carboxylic acids is 1. The zero-order chi connectivity index (χ0) is 13.8. The number of carbonyl (C=O) groups is 2. The predicted molar refractivity (Wildman–Crippen MR) is 65.2 cm³/mol. The molecule has 1 aromatic rings. The number of hydrogen-bond acceptors (Lipinski definition) is 4. The maximum absolute atomic E-state index is 11.9. The van der Waals surface area contributed by atoms with Crippen molar-refractivity contribution in [3.05, 3.63) is 30.1 Å². The molecule has 102 valence electrons. The van der Waals surface area contributed by atoms with E-state index in [1.165, 1.54) is 0 Å². The van der Waals surface area contributed by atoms with Crippen molar-refractivity contribution < 1.29 is 19.8 Å². The number of pyridine rings is 1. The second-order valence-electron chi connectivity index (χ2n) is 4.38. The molecule has 2 heterocycles. The molecule has 1 aliphatic heterocycles. The lowest BCUT2D eigenvalue weighted by Crippen LogP contribution is -2.46. The van der Waals surface area contributed by atoms with Crippen molar-refractivity contribution in [1.29, 1.82) is 0 Å². The summed E-state index contributed by atoms with van der Waals surface area (Å²) in [5.74, 6) is -1.11. The van der Waals surface area contributed by atoms with Gasteiger partial charge in [0.25, 0.3) is 0 Å². The Kier molecular flexibility index (Phi) is 3.96. The van der Waals surface area contributed by atoms with Crippen molar-refractivity contribution in [2.24, 2.45) is 0 Å². The normalized spacial score (nSPS) is 22.3. The summed E-state index contributed by atoms with van der Waals surface area (Å²) in [4.78, 5) is 28.1. The Morgan fingerprint density at radius 3 is 2.89 bits per heavy atom. The summed E-state index contributed by atoms with van der Waals surface area (Å²) in [6, 6.07) is 3.85. The molecule has 0 aliphatic carbocycles. The fourth-order valence-corrected chi connectivity index (χ4v) is 2.04. The molecule has 1 saturated heterocycles. The Balaban J connectivity index is 1.94. The summed E-state index contributed by atoms with van der Waals surface area (Å²) in [5.41, 5.74) is 0.683. The van der Waals surface area contributed by atoms with Crippen LogP contribution in [0.4, 0.5) is 4.79 Å². The van der Waals surface area contributed by atoms with Crippen LogP contribution in [0, 0.1) is 0 Å². The minimum absolute atomic E-state index is 0.0328. The third-order valence-electron chi connectivity index (χ3n) is 2.97. The van der Waals surface area contributed by atoms with Crippen molar-refractivity contribution >= 4 is 12.0 Å².